The molecule has 3 amide bonds. The summed E-state index contributed by atoms with van der Waals surface area (Å²) in [5, 5.41) is 51.7. The molecule has 542 valence electrons. The fourth-order valence-corrected chi connectivity index (χ4v) is 11.8. The zero-order chi connectivity index (χ0) is 67.9. The number of nitrogens with one attached hydrogen (secondary N) is 3. The quantitative estimate of drug-likeness (QED) is 0.0170. The lowest BCUT2D eigenvalue weighted by Gasteiger charge is -2.29. The van der Waals surface area contributed by atoms with Gasteiger partial charge < -0.3 is 50.6 Å². The number of hydrogen-bond donors (Lipinski definition) is 7. The van der Waals surface area contributed by atoms with Gasteiger partial charge in [-0.2, -0.15) is 0 Å². The van der Waals surface area contributed by atoms with E-state index in [1.165, 1.54) is 38.5 Å². The molecule has 3 unspecified atom stereocenters. The highest BCUT2D eigenvalue weighted by Gasteiger charge is 2.26. The smallest absolute Gasteiger partial charge is 0.308 e. The Balaban J connectivity index is 5.37. The van der Waals surface area contributed by atoms with Gasteiger partial charge in [-0.25, -0.2) is 0 Å². The molecule has 0 heterocycles. The Hall–Kier alpha value is -3.42. The second-order valence-corrected chi connectivity index (χ2v) is 26.5. The van der Waals surface area contributed by atoms with Crippen molar-refractivity contribution in [1.82, 2.24) is 25.8 Å². The molecule has 7 N–H and O–H groups in total. The topological polar surface area (TPSA) is 254 Å². The Labute approximate surface area is 561 Å². The Bertz CT molecular complexity index is 1640. The fraction of sp³-hybridized carbons (Fsp3) is 0.919. The maximum Gasteiger partial charge on any atom is 0.308 e. The Morgan fingerprint density at radius 1 is 0.304 bits per heavy atom. The first-order valence-corrected chi connectivity index (χ1v) is 38.2. The SMILES string of the molecule is CCCCCCC(CCCCCC)C(=O)OCCCCCCNC(=O)C(O)CN(CCO)CCCN(CC(O)C(=O)NCCCCCCOC(=O)C(CCCCCC)CCCCCC)CC(O)C(=O)NCCCCCCOC(=O)C(CCCCCC)CCCCCC. The number of unbranched alkanes of at least 4 members (excludes halogenated alkanes) is 27. The second-order valence-electron chi connectivity index (χ2n) is 26.5. The molecule has 0 fully saturated rings. The van der Waals surface area contributed by atoms with Crippen molar-refractivity contribution in [3.05, 3.63) is 0 Å². The predicted molar refractivity (Wildman–Crippen MR) is 373 cm³/mol. The Morgan fingerprint density at radius 3 is 0.804 bits per heavy atom. The van der Waals surface area contributed by atoms with Gasteiger partial charge in [-0.3, -0.25) is 38.6 Å². The molecule has 0 aliphatic rings. The average molecular weight is 1310 g/mol. The van der Waals surface area contributed by atoms with Crippen molar-refractivity contribution in [2.24, 2.45) is 17.8 Å². The first kappa shape index (κ1) is 88.6. The van der Waals surface area contributed by atoms with Gasteiger partial charge in [0.15, 0.2) is 0 Å². The molecular weight excluding hydrogens is 1170 g/mol. The van der Waals surface area contributed by atoms with Crippen molar-refractivity contribution < 1.29 is 63.4 Å². The summed E-state index contributed by atoms with van der Waals surface area (Å²) in [5.74, 6) is -2.01. The van der Waals surface area contributed by atoms with E-state index < -0.39 is 36.0 Å². The molecule has 3 atom stereocenters. The van der Waals surface area contributed by atoms with Crippen LogP contribution in [0.2, 0.25) is 0 Å². The summed E-state index contributed by atoms with van der Waals surface area (Å²) in [4.78, 5) is 81.9. The van der Waals surface area contributed by atoms with E-state index in [-0.39, 0.29) is 75.0 Å². The van der Waals surface area contributed by atoms with Gasteiger partial charge in [-0.1, -0.05) is 215 Å². The van der Waals surface area contributed by atoms with Crippen LogP contribution in [-0.2, 0) is 43.0 Å². The van der Waals surface area contributed by atoms with Crippen LogP contribution in [0.15, 0.2) is 0 Å². The summed E-state index contributed by atoms with van der Waals surface area (Å²) >= 11 is 0. The number of carbonyl (C=O) groups is 6. The molecule has 0 aromatic heterocycles. The van der Waals surface area contributed by atoms with Crippen LogP contribution in [0, 0.1) is 17.8 Å². The molecule has 0 saturated heterocycles. The van der Waals surface area contributed by atoms with Crippen LogP contribution in [0.1, 0.15) is 318 Å². The summed E-state index contributed by atoms with van der Waals surface area (Å²) < 4.78 is 17.2. The van der Waals surface area contributed by atoms with Crippen molar-refractivity contribution in [1.29, 1.82) is 0 Å². The molecule has 0 radical (unpaired) electrons. The van der Waals surface area contributed by atoms with Crippen LogP contribution in [0.25, 0.3) is 0 Å². The summed E-state index contributed by atoms with van der Waals surface area (Å²) in [5.41, 5.74) is 0. The predicted octanol–water partition coefficient (Wildman–Crippen LogP) is 13.4. The molecule has 0 aromatic carbocycles. The summed E-state index contributed by atoms with van der Waals surface area (Å²) in [6.07, 6.45) is 37.8. The van der Waals surface area contributed by atoms with Gasteiger partial charge in [-0.05, 0) is 116 Å². The van der Waals surface area contributed by atoms with E-state index in [4.69, 9.17) is 14.2 Å². The lowest BCUT2D eigenvalue weighted by Crippen LogP contribution is -2.49. The lowest BCUT2D eigenvalue weighted by atomic mass is 9.94. The van der Waals surface area contributed by atoms with Crippen molar-refractivity contribution >= 4 is 35.6 Å². The number of amides is 3. The molecule has 0 bridgehead atoms. The number of ether oxygens (including phenoxy) is 3. The van der Waals surface area contributed by atoms with Gasteiger partial charge >= 0.3 is 17.9 Å². The van der Waals surface area contributed by atoms with E-state index >= 15 is 0 Å². The van der Waals surface area contributed by atoms with Gasteiger partial charge in [0.05, 0.1) is 44.2 Å². The van der Waals surface area contributed by atoms with E-state index in [1.54, 1.807) is 9.80 Å². The van der Waals surface area contributed by atoms with Crippen molar-refractivity contribution in [3.8, 4) is 0 Å². The minimum absolute atomic E-state index is 0.0260. The monoisotopic (exact) mass is 1310 g/mol. The van der Waals surface area contributed by atoms with Gasteiger partial charge in [0.2, 0.25) is 17.7 Å². The third-order valence-corrected chi connectivity index (χ3v) is 17.8. The van der Waals surface area contributed by atoms with Crippen LogP contribution in [0.5, 0.6) is 0 Å². The first-order chi connectivity index (χ1) is 44.7. The molecule has 0 aromatic rings. The maximum atomic E-state index is 13.2. The minimum Gasteiger partial charge on any atom is -0.465 e. The number of hydrogen-bond acceptors (Lipinski definition) is 15. The van der Waals surface area contributed by atoms with Crippen molar-refractivity contribution in [2.45, 2.75) is 336 Å². The Morgan fingerprint density at radius 2 is 0.543 bits per heavy atom. The van der Waals surface area contributed by atoms with Crippen LogP contribution in [-0.4, -0.2) is 169 Å². The van der Waals surface area contributed by atoms with Gasteiger partial charge in [0.25, 0.3) is 0 Å². The standard InChI is InChI=1S/C74H143N5O13/c1-7-13-19-31-44-63(45-32-20-14-8-2)72(87)90-57-40-28-25-37-50-75-69(84)66(81)60-78(55-56-80)53-43-54-79(61-67(82)70(85)76-51-38-26-29-41-58-91-73(88)64(46-33-21-15-9-3)47-34-22-16-10-4)62-68(83)71(86)77-52-39-27-30-42-59-92-74(89)65(48-35-23-17-11-5)49-36-24-18-12-6/h63-68,80-83H,7-62H2,1-6H3,(H,75,84)(H,76,85)(H,77,86). The largest absolute Gasteiger partial charge is 0.465 e. The summed E-state index contributed by atoms with van der Waals surface area (Å²) in [6.45, 7) is 15.5. The van der Waals surface area contributed by atoms with Gasteiger partial charge in [-0.15, -0.1) is 0 Å². The summed E-state index contributed by atoms with van der Waals surface area (Å²) in [7, 11) is 0. The number of aliphatic hydroxyl groups excluding tert-OH is 4. The second kappa shape index (κ2) is 64.9. The first-order valence-electron chi connectivity index (χ1n) is 38.2. The van der Waals surface area contributed by atoms with E-state index in [0.717, 1.165) is 212 Å². The van der Waals surface area contributed by atoms with E-state index in [9.17, 15) is 49.2 Å². The third-order valence-electron chi connectivity index (χ3n) is 17.8. The number of nitrogens with zero attached hydrogens (tertiary/aromatic N) is 2. The minimum atomic E-state index is -1.47. The molecule has 0 aliphatic heterocycles. The highest BCUT2D eigenvalue weighted by atomic mass is 16.5. The number of esters is 3. The van der Waals surface area contributed by atoms with Crippen LogP contribution >= 0.6 is 0 Å². The van der Waals surface area contributed by atoms with E-state index in [2.05, 4.69) is 57.5 Å². The fourth-order valence-electron chi connectivity index (χ4n) is 11.8. The highest BCUT2D eigenvalue weighted by Crippen LogP contribution is 2.24. The number of aliphatic hydroxyl groups is 4. The maximum absolute atomic E-state index is 13.2. The third kappa shape index (κ3) is 51.9. The van der Waals surface area contributed by atoms with E-state index in [0.29, 0.717) is 71.7 Å². The van der Waals surface area contributed by atoms with Gasteiger partial charge in [0, 0.05) is 45.8 Å². The highest BCUT2D eigenvalue weighted by molar-refractivity contribution is 5.82. The van der Waals surface area contributed by atoms with Gasteiger partial charge in [0.1, 0.15) is 18.3 Å². The molecule has 0 rings (SSSR count). The Kier molecular flexibility index (Phi) is 62.5. The summed E-state index contributed by atoms with van der Waals surface area (Å²) in [6, 6.07) is 0. The van der Waals surface area contributed by atoms with Crippen LogP contribution in [0.4, 0.5) is 0 Å². The zero-order valence-electron chi connectivity index (χ0n) is 59.9. The molecule has 18 heteroatoms. The molecular formula is C74H143N5O13. The van der Waals surface area contributed by atoms with E-state index in [1.807, 2.05) is 0 Å². The van der Waals surface area contributed by atoms with Crippen LogP contribution in [0.3, 0.4) is 0 Å². The normalized spacial score (nSPS) is 12.7. The average Bonchev–Trinajstić information content (AvgIpc) is 3.76. The molecule has 0 spiro atoms. The van der Waals surface area contributed by atoms with Crippen molar-refractivity contribution in [2.75, 3.05) is 85.3 Å². The number of rotatable bonds is 69. The van der Waals surface area contributed by atoms with Crippen LogP contribution < -0.4 is 16.0 Å². The zero-order valence-corrected chi connectivity index (χ0v) is 59.9. The molecule has 92 heavy (non-hydrogen) atoms. The molecule has 0 saturated carbocycles. The molecule has 18 nitrogen and oxygen atoms in total. The number of carbonyl (C=O) groups excluding carboxylic acids is 6. The molecule has 0 aliphatic carbocycles. The lowest BCUT2D eigenvalue weighted by molar-refractivity contribution is -0.150. The van der Waals surface area contributed by atoms with Crippen molar-refractivity contribution in [3.63, 3.8) is 0 Å².